The topological polar surface area (TPSA) is 33.1 Å². The minimum atomic E-state index is -0.414. The summed E-state index contributed by atoms with van der Waals surface area (Å²) >= 11 is 3.35. The Morgan fingerprint density at radius 2 is 2.25 bits per heavy atom. The van der Waals surface area contributed by atoms with E-state index in [0.29, 0.717) is 0 Å². The summed E-state index contributed by atoms with van der Waals surface area (Å²) in [6, 6.07) is 2.00. The van der Waals surface area contributed by atoms with Gasteiger partial charge >= 0.3 is 0 Å². The Bertz CT molecular complexity index is 296. The number of rotatable bonds is 2. The predicted molar refractivity (Wildman–Crippen MR) is 49.8 cm³/mol. The van der Waals surface area contributed by atoms with Gasteiger partial charge in [-0.1, -0.05) is 0 Å². The van der Waals surface area contributed by atoms with Gasteiger partial charge in [-0.15, -0.1) is 0 Å². The van der Waals surface area contributed by atoms with Gasteiger partial charge in [-0.05, 0) is 40.4 Å². The molecule has 0 amide bonds. The highest BCUT2D eigenvalue weighted by molar-refractivity contribution is 9.10. The monoisotopic (exact) mass is 227 g/mol. The fourth-order valence-corrected chi connectivity index (χ4v) is 1.67. The van der Waals surface area contributed by atoms with Crippen LogP contribution in [0.2, 0.25) is 0 Å². The highest BCUT2D eigenvalue weighted by Gasteiger charge is 2.40. The second-order valence-corrected chi connectivity index (χ2v) is 4.33. The van der Waals surface area contributed by atoms with E-state index in [1.165, 1.54) is 0 Å². The van der Waals surface area contributed by atoms with E-state index >= 15 is 0 Å². The van der Waals surface area contributed by atoms with Crippen LogP contribution in [0.5, 0.6) is 0 Å². The molecule has 1 aromatic heterocycles. The molecule has 0 saturated heterocycles. The number of halogens is 1. The van der Waals surface area contributed by atoms with Gasteiger partial charge in [0.1, 0.15) is 0 Å². The largest absolute Gasteiger partial charge is 0.390 e. The molecule has 1 N–H and O–H groups in total. The molecule has 1 heterocycles. The molecule has 0 bridgehead atoms. The second kappa shape index (κ2) is 2.82. The Labute approximate surface area is 79.8 Å². The van der Waals surface area contributed by atoms with E-state index in [4.69, 9.17) is 0 Å². The van der Waals surface area contributed by atoms with Gasteiger partial charge in [0.25, 0.3) is 0 Å². The van der Waals surface area contributed by atoms with Crippen LogP contribution >= 0.6 is 15.9 Å². The molecule has 0 aromatic carbocycles. The summed E-state index contributed by atoms with van der Waals surface area (Å²) in [7, 11) is 0. The zero-order valence-electron chi connectivity index (χ0n) is 6.63. The van der Waals surface area contributed by atoms with Crippen LogP contribution < -0.4 is 0 Å². The molecular weight excluding hydrogens is 218 g/mol. The summed E-state index contributed by atoms with van der Waals surface area (Å²) in [6.07, 6.45) is 6.15. The summed E-state index contributed by atoms with van der Waals surface area (Å²) in [4.78, 5) is 4.04. The first kappa shape index (κ1) is 8.20. The average Bonchev–Trinajstić information content (AvgIpc) is 2.67. The quantitative estimate of drug-likeness (QED) is 0.838. The van der Waals surface area contributed by atoms with Gasteiger partial charge in [0, 0.05) is 23.3 Å². The van der Waals surface area contributed by atoms with E-state index in [1.807, 2.05) is 6.07 Å². The normalized spacial score (nSPS) is 19.2. The lowest BCUT2D eigenvalue weighted by molar-refractivity contribution is 0.151. The fraction of sp³-hybridized carbons (Fsp3) is 0.444. The molecule has 0 unspecified atom stereocenters. The minimum Gasteiger partial charge on any atom is -0.390 e. The van der Waals surface area contributed by atoms with Crippen molar-refractivity contribution in [1.29, 1.82) is 0 Å². The Kier molecular flexibility index (Phi) is 1.93. The van der Waals surface area contributed by atoms with Gasteiger partial charge in [0.15, 0.2) is 0 Å². The van der Waals surface area contributed by atoms with Crippen LogP contribution in [0.4, 0.5) is 0 Å². The molecule has 3 heteroatoms. The molecule has 1 saturated carbocycles. The van der Waals surface area contributed by atoms with Gasteiger partial charge < -0.3 is 5.11 Å². The molecule has 1 aliphatic carbocycles. The highest BCUT2D eigenvalue weighted by atomic mass is 79.9. The fourth-order valence-electron chi connectivity index (χ4n) is 1.25. The smallest absolute Gasteiger partial charge is 0.0690 e. The molecule has 1 aliphatic rings. The highest BCUT2D eigenvalue weighted by Crippen LogP contribution is 2.38. The summed E-state index contributed by atoms with van der Waals surface area (Å²) in [5, 5.41) is 9.63. The summed E-state index contributed by atoms with van der Waals surface area (Å²) in [6.45, 7) is 0. The van der Waals surface area contributed by atoms with E-state index in [1.54, 1.807) is 12.4 Å². The van der Waals surface area contributed by atoms with E-state index in [2.05, 4.69) is 20.9 Å². The first-order valence-electron chi connectivity index (χ1n) is 4.00. The molecule has 64 valence electrons. The van der Waals surface area contributed by atoms with Crippen molar-refractivity contribution in [3.63, 3.8) is 0 Å². The summed E-state index contributed by atoms with van der Waals surface area (Å²) in [5.74, 6) is 0. The van der Waals surface area contributed by atoms with E-state index in [0.717, 1.165) is 29.3 Å². The van der Waals surface area contributed by atoms with Crippen LogP contribution in [-0.2, 0) is 6.42 Å². The summed E-state index contributed by atoms with van der Waals surface area (Å²) < 4.78 is 0.976. The van der Waals surface area contributed by atoms with Crippen LogP contribution in [0.25, 0.3) is 0 Å². The van der Waals surface area contributed by atoms with Crippen molar-refractivity contribution in [2.75, 3.05) is 0 Å². The lowest BCUT2D eigenvalue weighted by atomic mass is 10.1. The second-order valence-electron chi connectivity index (χ2n) is 3.41. The first-order valence-corrected chi connectivity index (χ1v) is 4.79. The van der Waals surface area contributed by atoms with Gasteiger partial charge in [0.05, 0.1) is 5.60 Å². The first-order chi connectivity index (χ1) is 5.68. The zero-order valence-corrected chi connectivity index (χ0v) is 8.21. The maximum atomic E-state index is 9.63. The Balaban J connectivity index is 2.12. The lowest BCUT2D eigenvalue weighted by Crippen LogP contribution is -2.10. The molecule has 0 aliphatic heterocycles. The molecule has 0 atom stereocenters. The van der Waals surface area contributed by atoms with Crippen LogP contribution in [0, 0.1) is 0 Å². The van der Waals surface area contributed by atoms with Crippen molar-refractivity contribution < 1.29 is 5.11 Å². The predicted octanol–water partition coefficient (Wildman–Crippen LogP) is 1.91. The van der Waals surface area contributed by atoms with Gasteiger partial charge in [-0.3, -0.25) is 4.98 Å². The number of hydrogen-bond acceptors (Lipinski definition) is 2. The number of hydrogen-bond donors (Lipinski definition) is 1. The molecule has 0 spiro atoms. The Hall–Kier alpha value is -0.410. The minimum absolute atomic E-state index is 0.414. The Morgan fingerprint density at radius 1 is 1.50 bits per heavy atom. The molecule has 1 aromatic rings. The Morgan fingerprint density at radius 3 is 2.83 bits per heavy atom. The van der Waals surface area contributed by atoms with Crippen molar-refractivity contribution in [3.8, 4) is 0 Å². The van der Waals surface area contributed by atoms with E-state index < -0.39 is 5.60 Å². The molecular formula is C9H10BrNO. The third-order valence-corrected chi connectivity index (χ3v) is 2.56. The van der Waals surface area contributed by atoms with Crippen molar-refractivity contribution in [1.82, 2.24) is 4.98 Å². The van der Waals surface area contributed by atoms with E-state index in [-0.39, 0.29) is 0 Å². The van der Waals surface area contributed by atoms with Crippen LogP contribution in [0.15, 0.2) is 22.9 Å². The van der Waals surface area contributed by atoms with Crippen molar-refractivity contribution in [3.05, 3.63) is 28.5 Å². The standard InChI is InChI=1S/C9H10BrNO/c10-8-3-7(5-11-6-8)4-9(12)1-2-9/h3,5-6,12H,1-2,4H2. The maximum absolute atomic E-state index is 9.63. The van der Waals surface area contributed by atoms with E-state index in [9.17, 15) is 5.11 Å². The average molecular weight is 228 g/mol. The third-order valence-electron chi connectivity index (χ3n) is 2.12. The van der Waals surface area contributed by atoms with Crippen LogP contribution in [-0.4, -0.2) is 15.7 Å². The molecule has 1 fully saturated rings. The molecule has 2 nitrogen and oxygen atoms in total. The molecule has 0 radical (unpaired) electrons. The number of aromatic nitrogens is 1. The summed E-state index contributed by atoms with van der Waals surface area (Å²) in [5.41, 5.74) is 0.687. The van der Waals surface area contributed by atoms with Gasteiger partial charge in [-0.2, -0.15) is 0 Å². The van der Waals surface area contributed by atoms with Crippen molar-refractivity contribution >= 4 is 15.9 Å². The van der Waals surface area contributed by atoms with Crippen molar-refractivity contribution in [2.45, 2.75) is 24.9 Å². The maximum Gasteiger partial charge on any atom is 0.0690 e. The van der Waals surface area contributed by atoms with Crippen LogP contribution in [0.1, 0.15) is 18.4 Å². The van der Waals surface area contributed by atoms with Crippen LogP contribution in [0.3, 0.4) is 0 Å². The third kappa shape index (κ3) is 1.84. The van der Waals surface area contributed by atoms with Crippen molar-refractivity contribution in [2.24, 2.45) is 0 Å². The SMILES string of the molecule is OC1(Cc2cncc(Br)c2)CC1. The molecule has 12 heavy (non-hydrogen) atoms. The number of nitrogens with zero attached hydrogens (tertiary/aromatic N) is 1. The number of pyridine rings is 1. The van der Waals surface area contributed by atoms with Gasteiger partial charge in [0.2, 0.25) is 0 Å². The lowest BCUT2D eigenvalue weighted by Gasteiger charge is -2.06. The molecule has 2 rings (SSSR count). The van der Waals surface area contributed by atoms with Gasteiger partial charge in [-0.25, -0.2) is 0 Å². The zero-order chi connectivity index (χ0) is 8.60. The number of aliphatic hydroxyl groups is 1.